The number of rotatable bonds is 17. The predicted octanol–water partition coefficient (Wildman–Crippen LogP) is 5.30. The zero-order valence-electron chi connectivity index (χ0n) is 27.0. The maximum atomic E-state index is 13.4. The Morgan fingerprint density at radius 1 is 1.00 bits per heavy atom. The van der Waals surface area contributed by atoms with Crippen LogP contribution in [0, 0.1) is 11.8 Å². The predicted molar refractivity (Wildman–Crippen MR) is 177 cm³/mol. The maximum absolute atomic E-state index is 13.4. The van der Waals surface area contributed by atoms with Crippen LogP contribution in [0.15, 0.2) is 60.3 Å². The Bertz CT molecular complexity index is 1300. The molecule has 0 saturated carbocycles. The summed E-state index contributed by atoms with van der Waals surface area (Å²) in [5.74, 6) is 6.32. The van der Waals surface area contributed by atoms with Crippen molar-refractivity contribution in [3.63, 3.8) is 0 Å². The SMILES string of the molecule is C=CNCCCCCCC(=O)NC(C)(C)COC(C)(C)CC(=O)NCCC(=O)N1CC2=C(C#Cc3ccccc31)CCC=C2. The zero-order chi connectivity index (χ0) is 32.0. The van der Waals surface area contributed by atoms with E-state index in [-0.39, 0.29) is 43.7 Å². The summed E-state index contributed by atoms with van der Waals surface area (Å²) in [5, 5.41) is 9.03. The lowest BCUT2D eigenvalue weighted by Crippen LogP contribution is -2.49. The first-order valence-electron chi connectivity index (χ1n) is 15.9. The van der Waals surface area contributed by atoms with Crippen molar-refractivity contribution >= 4 is 23.4 Å². The van der Waals surface area contributed by atoms with Crippen LogP contribution in [-0.2, 0) is 19.1 Å². The van der Waals surface area contributed by atoms with Gasteiger partial charge in [-0.15, -0.1) is 0 Å². The Kier molecular flexibility index (Phi) is 13.3. The Labute approximate surface area is 263 Å². The van der Waals surface area contributed by atoms with E-state index in [1.807, 2.05) is 52.0 Å². The molecule has 1 aromatic rings. The summed E-state index contributed by atoms with van der Waals surface area (Å²) in [6, 6.07) is 7.71. The van der Waals surface area contributed by atoms with Gasteiger partial charge in [0.1, 0.15) is 0 Å². The van der Waals surface area contributed by atoms with Gasteiger partial charge in [-0.2, -0.15) is 0 Å². The first-order chi connectivity index (χ1) is 21.0. The number of hydrogen-bond donors (Lipinski definition) is 3. The Hall–Kier alpha value is -3.83. The van der Waals surface area contributed by atoms with Crippen LogP contribution in [0.2, 0.25) is 0 Å². The Morgan fingerprint density at radius 2 is 1.77 bits per heavy atom. The maximum Gasteiger partial charge on any atom is 0.229 e. The van der Waals surface area contributed by atoms with Crippen LogP contribution < -0.4 is 20.9 Å². The van der Waals surface area contributed by atoms with Gasteiger partial charge in [-0.05, 0) is 77.3 Å². The molecule has 3 amide bonds. The number of carbonyl (C=O) groups excluding carboxylic acids is 3. The molecule has 0 radical (unpaired) electrons. The highest BCUT2D eigenvalue weighted by Crippen LogP contribution is 2.28. The Morgan fingerprint density at radius 3 is 2.57 bits per heavy atom. The van der Waals surface area contributed by atoms with Gasteiger partial charge in [0.2, 0.25) is 17.7 Å². The molecule has 0 unspecified atom stereocenters. The third-order valence-corrected chi connectivity index (χ3v) is 7.61. The van der Waals surface area contributed by atoms with Gasteiger partial charge in [0.25, 0.3) is 0 Å². The minimum Gasteiger partial charge on any atom is -0.391 e. The van der Waals surface area contributed by atoms with E-state index in [4.69, 9.17) is 4.74 Å². The molecule has 0 aromatic heterocycles. The van der Waals surface area contributed by atoms with Gasteiger partial charge in [0, 0.05) is 37.1 Å². The lowest BCUT2D eigenvalue weighted by Gasteiger charge is -2.32. The van der Waals surface area contributed by atoms with E-state index in [2.05, 4.69) is 46.5 Å². The summed E-state index contributed by atoms with van der Waals surface area (Å²) in [7, 11) is 0. The van der Waals surface area contributed by atoms with Crippen molar-refractivity contribution in [2.24, 2.45) is 0 Å². The zero-order valence-corrected chi connectivity index (χ0v) is 27.0. The molecule has 44 heavy (non-hydrogen) atoms. The third-order valence-electron chi connectivity index (χ3n) is 7.61. The van der Waals surface area contributed by atoms with Gasteiger partial charge >= 0.3 is 0 Å². The van der Waals surface area contributed by atoms with Crippen molar-refractivity contribution in [3.8, 4) is 11.8 Å². The summed E-state index contributed by atoms with van der Waals surface area (Å²) in [6.07, 6.45) is 12.5. The van der Waals surface area contributed by atoms with E-state index in [0.29, 0.717) is 13.0 Å². The molecule has 0 atom stereocenters. The molecule has 2 aliphatic rings. The second-order valence-electron chi connectivity index (χ2n) is 12.8. The van der Waals surface area contributed by atoms with Crippen molar-refractivity contribution in [2.75, 3.05) is 31.1 Å². The number of fused-ring (bicyclic) bond motifs is 1. The second kappa shape index (κ2) is 16.9. The van der Waals surface area contributed by atoms with E-state index in [9.17, 15) is 14.4 Å². The number of nitrogens with zero attached hydrogens (tertiary/aromatic N) is 1. The molecule has 1 aliphatic heterocycles. The number of amides is 3. The summed E-state index contributed by atoms with van der Waals surface area (Å²) >= 11 is 0. The van der Waals surface area contributed by atoms with Crippen LogP contribution in [0.5, 0.6) is 0 Å². The van der Waals surface area contributed by atoms with E-state index < -0.39 is 11.1 Å². The summed E-state index contributed by atoms with van der Waals surface area (Å²) < 4.78 is 6.09. The lowest BCUT2D eigenvalue weighted by molar-refractivity contribution is -0.131. The first kappa shape index (κ1) is 34.7. The number of nitrogens with one attached hydrogen (secondary N) is 3. The number of anilines is 1. The molecule has 1 aliphatic carbocycles. The highest BCUT2D eigenvalue weighted by atomic mass is 16.5. The van der Waals surface area contributed by atoms with E-state index >= 15 is 0 Å². The minimum absolute atomic E-state index is 0.00440. The van der Waals surface area contributed by atoms with Crippen molar-refractivity contribution in [1.29, 1.82) is 0 Å². The fourth-order valence-corrected chi connectivity index (χ4v) is 5.20. The average Bonchev–Trinajstić information content (AvgIpc) is 2.96. The standard InChI is InChI=1S/C36H50N4O4/c1-6-37-23-14-8-7-9-19-32(41)39-35(2,3)27-44-36(4,5)25-33(42)38-24-22-34(43)40-26-30-17-11-10-15-28(30)20-21-29-16-12-13-18-31(29)40/h6,11-13,16-18,37H,1,7-10,14-15,19,22-27H2,2-5H3,(H,38,42)(H,39,41). The molecule has 8 heteroatoms. The van der Waals surface area contributed by atoms with Crippen molar-refractivity contribution in [1.82, 2.24) is 16.0 Å². The quantitative estimate of drug-likeness (QED) is 0.166. The van der Waals surface area contributed by atoms with Crippen molar-refractivity contribution in [3.05, 3.63) is 65.9 Å². The van der Waals surface area contributed by atoms with Crippen LogP contribution in [0.25, 0.3) is 0 Å². The number of ether oxygens (including phenoxy) is 1. The van der Waals surface area contributed by atoms with Gasteiger partial charge in [-0.25, -0.2) is 0 Å². The van der Waals surface area contributed by atoms with Crippen molar-refractivity contribution in [2.45, 2.75) is 96.6 Å². The molecule has 8 nitrogen and oxygen atoms in total. The summed E-state index contributed by atoms with van der Waals surface area (Å²) in [5.41, 5.74) is 2.47. The van der Waals surface area contributed by atoms with Gasteiger partial charge in [-0.3, -0.25) is 14.4 Å². The average molecular weight is 603 g/mol. The number of carbonyl (C=O) groups is 3. The van der Waals surface area contributed by atoms with Gasteiger partial charge in [-0.1, -0.05) is 55.5 Å². The van der Waals surface area contributed by atoms with Crippen LogP contribution in [0.3, 0.4) is 0 Å². The fraction of sp³-hybridized carbons (Fsp3) is 0.528. The van der Waals surface area contributed by atoms with Crippen LogP contribution in [0.1, 0.15) is 91.0 Å². The molecule has 3 N–H and O–H groups in total. The van der Waals surface area contributed by atoms with Gasteiger partial charge in [0.15, 0.2) is 0 Å². The number of allylic oxidation sites excluding steroid dienone is 2. The molecular formula is C36H50N4O4. The molecule has 0 bridgehead atoms. The smallest absolute Gasteiger partial charge is 0.229 e. The molecular weight excluding hydrogens is 552 g/mol. The molecule has 3 rings (SSSR count). The highest BCUT2D eigenvalue weighted by Gasteiger charge is 2.29. The molecule has 0 saturated heterocycles. The third kappa shape index (κ3) is 11.7. The van der Waals surface area contributed by atoms with Crippen LogP contribution >= 0.6 is 0 Å². The number of benzene rings is 1. The second-order valence-corrected chi connectivity index (χ2v) is 12.8. The highest BCUT2D eigenvalue weighted by molar-refractivity contribution is 5.96. The molecule has 0 fully saturated rings. The molecule has 1 aromatic carbocycles. The number of unbranched alkanes of at least 4 members (excludes halogenated alkanes) is 3. The summed E-state index contributed by atoms with van der Waals surface area (Å²) in [6.45, 7) is 13.1. The molecule has 238 valence electrons. The van der Waals surface area contributed by atoms with Gasteiger partial charge < -0.3 is 25.6 Å². The van der Waals surface area contributed by atoms with Crippen LogP contribution in [-0.4, -0.2) is 55.1 Å². The number of hydrogen-bond acceptors (Lipinski definition) is 5. The van der Waals surface area contributed by atoms with E-state index in [1.165, 1.54) is 0 Å². The number of para-hydroxylation sites is 1. The largest absolute Gasteiger partial charge is 0.391 e. The van der Waals surface area contributed by atoms with Crippen molar-refractivity contribution < 1.29 is 19.1 Å². The minimum atomic E-state index is -0.744. The van der Waals surface area contributed by atoms with Crippen LogP contribution in [0.4, 0.5) is 5.69 Å². The topological polar surface area (TPSA) is 99.8 Å². The summed E-state index contributed by atoms with van der Waals surface area (Å²) in [4.78, 5) is 40.5. The first-order valence-corrected chi connectivity index (χ1v) is 15.9. The van der Waals surface area contributed by atoms with E-state index in [1.54, 1.807) is 11.1 Å². The lowest BCUT2D eigenvalue weighted by atomic mass is 9.95. The monoisotopic (exact) mass is 602 g/mol. The Balaban J connectivity index is 1.42. The molecule has 1 heterocycles. The van der Waals surface area contributed by atoms with E-state index in [0.717, 1.165) is 67.5 Å². The molecule has 0 spiro atoms. The van der Waals surface area contributed by atoms with Gasteiger partial charge in [0.05, 0.1) is 36.4 Å². The normalized spacial score (nSPS) is 14.3. The fourth-order valence-electron chi connectivity index (χ4n) is 5.20.